The van der Waals surface area contributed by atoms with Crippen molar-refractivity contribution in [1.82, 2.24) is 0 Å². The Hall–Kier alpha value is -2.16. The quantitative estimate of drug-likeness (QED) is 0.0991. The second kappa shape index (κ2) is 22.4. The zero-order valence-electron chi connectivity index (χ0n) is 26.0. The van der Waals surface area contributed by atoms with Gasteiger partial charge < -0.3 is 0 Å². The average Bonchev–Trinajstić information content (AvgIpc) is 2.96. The van der Waals surface area contributed by atoms with E-state index in [1.165, 1.54) is 12.1 Å². The van der Waals surface area contributed by atoms with Crippen molar-refractivity contribution >= 4 is 36.6 Å². The Morgan fingerprint density at radius 1 is 0.581 bits per heavy atom. The molecule has 0 aliphatic carbocycles. The maximum absolute atomic E-state index is 11.8. The number of hydrogen-bond donors (Lipinski definition) is 0. The molecule has 2 rings (SSSR count). The van der Waals surface area contributed by atoms with Crippen molar-refractivity contribution in [2.75, 3.05) is 26.1 Å². The van der Waals surface area contributed by atoms with Crippen molar-refractivity contribution in [2.24, 2.45) is 0 Å². The molecule has 0 N–H and O–H groups in total. The summed E-state index contributed by atoms with van der Waals surface area (Å²) in [5, 5.41) is 0. The molecular formula is C30H48O10S3. The summed E-state index contributed by atoms with van der Waals surface area (Å²) in [6, 6.07) is 12.9. The van der Waals surface area contributed by atoms with E-state index in [0.717, 1.165) is 63.2 Å². The number of hydrogen-bond acceptors (Lipinski definition) is 10. The molecule has 2 aromatic carbocycles. The summed E-state index contributed by atoms with van der Waals surface area (Å²) in [4.78, 5) is 10.9. The first-order chi connectivity index (χ1) is 20.3. The summed E-state index contributed by atoms with van der Waals surface area (Å²) in [6.07, 6.45) is 9.93. The normalized spacial score (nSPS) is 11.6. The Kier molecular flexibility index (Phi) is 21.2. The highest BCUT2D eigenvalue weighted by Gasteiger charge is 2.18. The molecule has 0 atom stereocenters. The fraction of sp³-hybridized carbons (Fsp3) is 0.567. The number of aryl methyl sites for hydroxylation is 1. The Morgan fingerprint density at radius 2 is 0.977 bits per heavy atom. The van der Waals surface area contributed by atoms with E-state index in [2.05, 4.69) is 18.0 Å². The second-order valence-electron chi connectivity index (χ2n) is 9.62. The van der Waals surface area contributed by atoms with Crippen LogP contribution in [0.15, 0.2) is 58.3 Å². The van der Waals surface area contributed by atoms with Crippen LogP contribution in [0, 0.1) is 6.92 Å². The monoisotopic (exact) mass is 664 g/mol. The number of rotatable bonds is 18. The van der Waals surface area contributed by atoms with Crippen LogP contribution in [-0.2, 0) is 42.9 Å². The van der Waals surface area contributed by atoms with Gasteiger partial charge in [-0.15, -0.1) is 0 Å². The molecule has 246 valence electrons. The van der Waals surface area contributed by atoms with E-state index in [1.54, 1.807) is 37.3 Å². The lowest BCUT2D eigenvalue weighted by Crippen LogP contribution is -2.10. The van der Waals surface area contributed by atoms with Gasteiger partial charge in [0.2, 0.25) is 0 Å². The zero-order valence-corrected chi connectivity index (χ0v) is 28.4. The molecular weight excluding hydrogens is 617 g/mol. The molecule has 0 spiro atoms. The summed E-state index contributed by atoms with van der Waals surface area (Å²) in [6.45, 7) is 8.66. The minimum Gasteiger partial charge on any atom is -0.298 e. The van der Waals surface area contributed by atoms with Crippen molar-refractivity contribution in [1.29, 1.82) is 0 Å². The lowest BCUT2D eigenvalue weighted by atomic mass is 10.2. The number of carbonyl (C=O) groups excluding carboxylic acids is 1. The van der Waals surface area contributed by atoms with Crippen LogP contribution in [0.3, 0.4) is 0 Å². The number of aldehydes is 1. The molecule has 0 unspecified atom stereocenters. The molecule has 10 nitrogen and oxygen atoms in total. The summed E-state index contributed by atoms with van der Waals surface area (Å²) < 4.78 is 82.3. The molecule has 2 aromatic rings. The Bertz CT molecular complexity index is 1370. The topological polar surface area (TPSA) is 147 Å². The van der Waals surface area contributed by atoms with Gasteiger partial charge in [-0.3, -0.25) is 17.3 Å². The molecule has 0 radical (unpaired) electrons. The van der Waals surface area contributed by atoms with Crippen LogP contribution in [0.1, 0.15) is 94.5 Å². The minimum absolute atomic E-state index is 0.0634. The third-order valence-corrected chi connectivity index (χ3v) is 9.15. The lowest BCUT2D eigenvalue weighted by Gasteiger charge is -2.07. The summed E-state index contributed by atoms with van der Waals surface area (Å²) >= 11 is 0. The predicted octanol–water partition coefficient (Wildman–Crippen LogP) is 6.44. The molecule has 0 aliphatic heterocycles. The third kappa shape index (κ3) is 19.0. The standard InChI is InChI=1S/C12H16O4S.C12H18O3S.C6H14O3S/c1-2-3-6-9-16-17(14,15)12-8-5-4-7-11(12)10-13;1-3-4-7-10-15-16(13,14)12-9-6-5-8-11(12)2;1-3-4-5-6-9-10(2,7)8/h4-5,7-8,10H,2-3,6,9H2,1H3;5-6,8-9H,3-4,7,10H2,1-2H3;3-6H2,1-2H3. The Balaban J connectivity index is 0.000000638. The zero-order chi connectivity index (χ0) is 32.8. The van der Waals surface area contributed by atoms with Gasteiger partial charge >= 0.3 is 0 Å². The molecule has 0 amide bonds. The van der Waals surface area contributed by atoms with Crippen molar-refractivity contribution in [2.45, 2.75) is 95.3 Å². The van der Waals surface area contributed by atoms with Crippen molar-refractivity contribution in [3.63, 3.8) is 0 Å². The summed E-state index contributed by atoms with van der Waals surface area (Å²) in [5.74, 6) is 0. The molecule has 0 saturated heterocycles. The van der Waals surface area contributed by atoms with Crippen molar-refractivity contribution in [3.8, 4) is 0 Å². The van der Waals surface area contributed by atoms with Gasteiger partial charge in [0, 0.05) is 5.56 Å². The molecule has 0 heterocycles. The maximum atomic E-state index is 11.8. The number of carbonyl (C=O) groups is 1. The largest absolute Gasteiger partial charge is 0.298 e. The van der Waals surface area contributed by atoms with Crippen LogP contribution >= 0.6 is 0 Å². The van der Waals surface area contributed by atoms with Crippen LogP contribution < -0.4 is 0 Å². The van der Waals surface area contributed by atoms with E-state index in [4.69, 9.17) is 8.37 Å². The molecule has 0 aliphatic rings. The van der Waals surface area contributed by atoms with Crippen LogP contribution in [0.5, 0.6) is 0 Å². The Morgan fingerprint density at radius 3 is 1.40 bits per heavy atom. The Labute approximate surface area is 259 Å². The number of benzene rings is 2. The van der Waals surface area contributed by atoms with Crippen LogP contribution in [0.4, 0.5) is 0 Å². The lowest BCUT2D eigenvalue weighted by molar-refractivity contribution is 0.112. The third-order valence-electron chi connectivity index (χ3n) is 5.70. The molecule has 0 aromatic heterocycles. The highest BCUT2D eigenvalue weighted by molar-refractivity contribution is 7.87. The van der Waals surface area contributed by atoms with Crippen molar-refractivity contribution < 1.29 is 42.6 Å². The summed E-state index contributed by atoms with van der Waals surface area (Å²) in [7, 11) is -10.6. The fourth-order valence-corrected chi connectivity index (χ4v) is 6.08. The van der Waals surface area contributed by atoms with E-state index in [0.29, 0.717) is 19.3 Å². The van der Waals surface area contributed by atoms with Crippen molar-refractivity contribution in [3.05, 3.63) is 59.7 Å². The SMILES string of the molecule is CCCCCOS(=O)(=O)c1ccccc1C.CCCCCOS(=O)(=O)c1ccccc1C=O.CCCCCOS(C)(=O)=O. The molecule has 0 fully saturated rings. The van der Waals surface area contributed by atoms with Gasteiger partial charge in [0.1, 0.15) is 4.90 Å². The van der Waals surface area contributed by atoms with E-state index < -0.39 is 30.4 Å². The van der Waals surface area contributed by atoms with Gasteiger partial charge in [-0.2, -0.15) is 25.3 Å². The predicted molar refractivity (Wildman–Crippen MR) is 169 cm³/mol. The van der Waals surface area contributed by atoms with Crippen LogP contribution in [0.25, 0.3) is 0 Å². The van der Waals surface area contributed by atoms with Gasteiger partial charge in [0.05, 0.1) is 31.0 Å². The first kappa shape index (κ1) is 40.8. The van der Waals surface area contributed by atoms with E-state index in [1.807, 2.05) is 13.0 Å². The summed E-state index contributed by atoms with van der Waals surface area (Å²) in [5.41, 5.74) is 0.848. The van der Waals surface area contributed by atoms with Gasteiger partial charge in [-0.1, -0.05) is 95.7 Å². The van der Waals surface area contributed by atoms with Crippen LogP contribution in [-0.4, -0.2) is 57.6 Å². The van der Waals surface area contributed by atoms with Gasteiger partial charge in [-0.05, 0) is 43.9 Å². The molecule has 43 heavy (non-hydrogen) atoms. The van der Waals surface area contributed by atoms with Crippen LogP contribution in [0.2, 0.25) is 0 Å². The average molecular weight is 665 g/mol. The molecule has 13 heteroatoms. The number of unbranched alkanes of at least 4 members (excludes halogenated alkanes) is 6. The molecule has 0 bridgehead atoms. The highest BCUT2D eigenvalue weighted by atomic mass is 32.2. The fourth-order valence-electron chi connectivity index (χ4n) is 3.37. The first-order valence-corrected chi connectivity index (χ1v) is 19.1. The van der Waals surface area contributed by atoms with Gasteiger partial charge in [-0.25, -0.2) is 0 Å². The smallest absolute Gasteiger partial charge is 0.297 e. The van der Waals surface area contributed by atoms with E-state index in [-0.39, 0.29) is 28.6 Å². The first-order valence-electron chi connectivity index (χ1n) is 14.5. The minimum atomic E-state index is -3.81. The molecule has 0 saturated carbocycles. The second-order valence-corrected chi connectivity index (χ2v) is 14.4. The highest BCUT2D eigenvalue weighted by Crippen LogP contribution is 2.18. The van der Waals surface area contributed by atoms with E-state index in [9.17, 15) is 30.0 Å². The van der Waals surface area contributed by atoms with Gasteiger partial charge in [0.15, 0.2) is 6.29 Å². The maximum Gasteiger partial charge on any atom is 0.297 e. The van der Waals surface area contributed by atoms with Gasteiger partial charge in [0.25, 0.3) is 30.4 Å². The van der Waals surface area contributed by atoms with E-state index >= 15 is 0 Å².